The molecule has 0 amide bonds. The smallest absolute Gasteiger partial charge is 0.342 e. The summed E-state index contributed by atoms with van der Waals surface area (Å²) in [6.45, 7) is 1.53. The molecule has 5 heavy (non-hydrogen) atoms. The Labute approximate surface area is 34.2 Å². The maximum atomic E-state index is 6.47. The van der Waals surface area contributed by atoms with Crippen molar-refractivity contribution in [2.75, 3.05) is 0 Å². The molecule has 0 saturated heterocycles. The van der Waals surface area contributed by atoms with Crippen molar-refractivity contribution in [1.29, 1.82) is 5.41 Å². The van der Waals surface area contributed by atoms with Crippen LogP contribution in [0.4, 0.5) is 0 Å². The first-order chi connectivity index (χ1) is 2.27. The maximum absolute atomic E-state index is 6.47. The van der Waals surface area contributed by atoms with Gasteiger partial charge in [-0.25, -0.2) is 0 Å². The van der Waals surface area contributed by atoms with Crippen LogP contribution in [0.2, 0.25) is 0 Å². The van der Waals surface area contributed by atoms with E-state index >= 15 is 0 Å². The average molecular weight is 86.1 g/mol. The van der Waals surface area contributed by atoms with E-state index in [1.54, 1.807) is 0 Å². The lowest BCUT2D eigenvalue weighted by Crippen LogP contribution is -1.89. The van der Waals surface area contributed by atoms with Gasteiger partial charge in [0.15, 0.2) is 5.90 Å². The van der Waals surface area contributed by atoms with Gasteiger partial charge in [-0.2, -0.15) is 0 Å². The summed E-state index contributed by atoms with van der Waals surface area (Å²) in [5.41, 5.74) is 0. The van der Waals surface area contributed by atoms with E-state index in [0.717, 1.165) is 0 Å². The summed E-state index contributed by atoms with van der Waals surface area (Å²) in [5.74, 6) is 0.168. The normalized spacial score (nSPS) is 6.80. The molecule has 0 unspecified atom stereocenters. The van der Waals surface area contributed by atoms with Crippen LogP contribution < -0.4 is 0 Å². The van der Waals surface area contributed by atoms with Crippen LogP contribution in [0.5, 0.6) is 0 Å². The second kappa shape index (κ2) is 1.96. The van der Waals surface area contributed by atoms with Crippen molar-refractivity contribution in [3.8, 4) is 0 Å². The lowest BCUT2D eigenvalue weighted by Gasteiger charge is -1.85. The third kappa shape index (κ3) is 3.69. The predicted molar refractivity (Wildman–Crippen MR) is 20.2 cm³/mol. The number of rotatable bonds is 0. The highest BCUT2D eigenvalue weighted by atomic mass is 28.2. The molecule has 2 nitrogen and oxygen atoms in total. The van der Waals surface area contributed by atoms with Crippen LogP contribution in [0.25, 0.3) is 0 Å². The van der Waals surface area contributed by atoms with Gasteiger partial charge in [-0.15, -0.1) is 0 Å². The summed E-state index contributed by atoms with van der Waals surface area (Å²) in [7, 11) is 2.63. The van der Waals surface area contributed by atoms with Crippen molar-refractivity contribution in [1.82, 2.24) is 0 Å². The van der Waals surface area contributed by atoms with Gasteiger partial charge in [0.1, 0.15) is 0 Å². The molecule has 0 heterocycles. The van der Waals surface area contributed by atoms with E-state index in [-0.39, 0.29) is 5.90 Å². The third-order valence-electron chi connectivity index (χ3n) is 0.153. The Balaban J connectivity index is 2.85. The van der Waals surface area contributed by atoms with Crippen molar-refractivity contribution < 1.29 is 4.43 Å². The van der Waals surface area contributed by atoms with Gasteiger partial charge in [0.25, 0.3) is 0 Å². The van der Waals surface area contributed by atoms with E-state index in [2.05, 4.69) is 14.9 Å². The highest BCUT2D eigenvalue weighted by Crippen LogP contribution is 1.60. The van der Waals surface area contributed by atoms with E-state index in [0.29, 0.717) is 0 Å². The summed E-state index contributed by atoms with van der Waals surface area (Å²) in [4.78, 5) is 0. The van der Waals surface area contributed by atoms with E-state index in [9.17, 15) is 0 Å². The molecular formula is C2H4NOSi. The molecule has 0 spiro atoms. The molecule has 0 aliphatic carbocycles. The monoisotopic (exact) mass is 86.0 g/mol. The Morgan fingerprint density at radius 3 is 2.20 bits per heavy atom. The molecule has 0 saturated carbocycles. The van der Waals surface area contributed by atoms with Gasteiger partial charge in [0.05, 0.1) is 0 Å². The fourth-order valence-corrected chi connectivity index (χ4v) is 0. The number of hydrogen-bond acceptors (Lipinski definition) is 2. The molecule has 0 aliphatic heterocycles. The molecule has 3 radical (unpaired) electrons. The zero-order valence-corrected chi connectivity index (χ0v) is 3.91. The van der Waals surface area contributed by atoms with Crippen LogP contribution in [-0.2, 0) is 4.43 Å². The zero-order chi connectivity index (χ0) is 4.28. The summed E-state index contributed by atoms with van der Waals surface area (Å²) < 4.78 is 4.14. The van der Waals surface area contributed by atoms with E-state index in [1.807, 2.05) is 0 Å². The van der Waals surface area contributed by atoms with Crippen LogP contribution in [0.3, 0.4) is 0 Å². The molecule has 0 bridgehead atoms. The van der Waals surface area contributed by atoms with E-state index < -0.39 is 0 Å². The Morgan fingerprint density at radius 1 is 2.00 bits per heavy atom. The summed E-state index contributed by atoms with van der Waals surface area (Å²) in [6, 6.07) is 0. The van der Waals surface area contributed by atoms with Crippen molar-refractivity contribution in [2.24, 2.45) is 0 Å². The van der Waals surface area contributed by atoms with Crippen LogP contribution in [0, 0.1) is 5.41 Å². The lowest BCUT2D eigenvalue weighted by atomic mass is 10.8. The summed E-state index contributed by atoms with van der Waals surface area (Å²) in [6.07, 6.45) is 0. The SMILES string of the molecule is CC(=N)O[Si]. The first-order valence-corrected chi connectivity index (χ1v) is 1.57. The fraction of sp³-hybridized carbons (Fsp3) is 0.500. The van der Waals surface area contributed by atoms with Crippen molar-refractivity contribution in [2.45, 2.75) is 6.92 Å². The standard InChI is InChI=1S/C2H4NOSi/c1-2(3)4-5/h3H,1H3. The highest BCUT2D eigenvalue weighted by Gasteiger charge is 1.69. The van der Waals surface area contributed by atoms with Crippen LogP contribution in [-0.4, -0.2) is 16.4 Å². The molecule has 0 fully saturated rings. The number of hydrogen-bond donors (Lipinski definition) is 1. The van der Waals surface area contributed by atoms with Crippen molar-refractivity contribution in [3.05, 3.63) is 0 Å². The first-order valence-electron chi connectivity index (χ1n) is 1.16. The minimum Gasteiger partial charge on any atom is -0.531 e. The summed E-state index contributed by atoms with van der Waals surface area (Å²) in [5, 5.41) is 6.47. The fourth-order valence-electron chi connectivity index (χ4n) is 0. The topological polar surface area (TPSA) is 33.1 Å². The molecular weight excluding hydrogens is 82.1 g/mol. The van der Waals surface area contributed by atoms with Crippen LogP contribution in [0.1, 0.15) is 6.92 Å². The Kier molecular flexibility index (Phi) is 1.84. The lowest BCUT2D eigenvalue weighted by molar-refractivity contribution is 0.601. The van der Waals surface area contributed by atoms with Gasteiger partial charge >= 0.3 is 10.5 Å². The van der Waals surface area contributed by atoms with Crippen LogP contribution >= 0.6 is 0 Å². The Morgan fingerprint density at radius 2 is 2.20 bits per heavy atom. The molecule has 0 atom stereocenters. The maximum Gasteiger partial charge on any atom is 0.342 e. The minimum absolute atomic E-state index is 0.168. The largest absolute Gasteiger partial charge is 0.531 e. The van der Waals surface area contributed by atoms with Gasteiger partial charge in [0, 0.05) is 6.92 Å². The molecule has 0 aromatic rings. The second-order valence-corrected chi connectivity index (χ2v) is 0.862. The van der Waals surface area contributed by atoms with Gasteiger partial charge in [-0.05, 0) is 0 Å². The van der Waals surface area contributed by atoms with Crippen LogP contribution in [0.15, 0.2) is 0 Å². The Bertz CT molecular complexity index is 44.9. The zero-order valence-electron chi connectivity index (χ0n) is 2.91. The van der Waals surface area contributed by atoms with Gasteiger partial charge in [-0.3, -0.25) is 5.41 Å². The molecule has 3 heteroatoms. The third-order valence-corrected chi connectivity index (χ3v) is 0.459. The molecule has 0 rings (SSSR count). The van der Waals surface area contributed by atoms with Gasteiger partial charge in [-0.1, -0.05) is 0 Å². The van der Waals surface area contributed by atoms with Gasteiger partial charge < -0.3 is 4.43 Å². The second-order valence-electron chi connectivity index (χ2n) is 0.658. The number of nitrogens with one attached hydrogen (secondary N) is 1. The molecule has 0 aromatic carbocycles. The minimum atomic E-state index is 0.168. The van der Waals surface area contributed by atoms with Gasteiger partial charge in [0.2, 0.25) is 0 Å². The van der Waals surface area contributed by atoms with Crippen molar-refractivity contribution in [3.63, 3.8) is 0 Å². The van der Waals surface area contributed by atoms with E-state index in [4.69, 9.17) is 5.41 Å². The predicted octanol–water partition coefficient (Wildman–Crippen LogP) is 0.0837. The first kappa shape index (κ1) is 4.69. The summed E-state index contributed by atoms with van der Waals surface area (Å²) >= 11 is 0. The Hall–Kier alpha value is -0.313. The molecule has 0 aromatic heterocycles. The quantitative estimate of drug-likeness (QED) is 0.253. The highest BCUT2D eigenvalue weighted by molar-refractivity contribution is 6.05. The van der Waals surface area contributed by atoms with Crippen molar-refractivity contribution >= 4 is 16.4 Å². The molecule has 1 N–H and O–H groups in total. The van der Waals surface area contributed by atoms with E-state index in [1.165, 1.54) is 6.92 Å². The molecule has 27 valence electrons. The average Bonchev–Trinajstić information content (AvgIpc) is 1.38. The molecule has 0 aliphatic rings.